The quantitative estimate of drug-likeness (QED) is 0.555. The van der Waals surface area contributed by atoms with Gasteiger partial charge in [-0.15, -0.1) is 0 Å². The molecule has 0 aromatic heterocycles. The third-order valence-corrected chi connectivity index (χ3v) is 4.49. The lowest BCUT2D eigenvalue weighted by Gasteiger charge is -2.19. The zero-order valence-corrected chi connectivity index (χ0v) is 15.6. The van der Waals surface area contributed by atoms with Gasteiger partial charge in [0, 0.05) is 24.7 Å². The van der Waals surface area contributed by atoms with Crippen LogP contribution < -0.4 is 0 Å². The average Bonchev–Trinajstić information content (AvgIpc) is 2.73. The number of carbonyl (C=O) groups excluding carboxylic acids is 2. The highest BCUT2D eigenvalue weighted by molar-refractivity contribution is 6.15. The Morgan fingerprint density at radius 2 is 1.34 bits per heavy atom. The predicted octanol–water partition coefficient (Wildman–Crippen LogP) is 5.21. The van der Waals surface area contributed by atoms with Crippen LogP contribution in [0.25, 0.3) is 0 Å². The first-order valence-corrected chi connectivity index (χ1v) is 8.88. The molecule has 0 saturated heterocycles. The summed E-state index contributed by atoms with van der Waals surface area (Å²) in [5, 5.41) is 0. The minimum Gasteiger partial charge on any atom is -0.337 e. The lowest BCUT2D eigenvalue weighted by atomic mass is 9.97. The van der Waals surface area contributed by atoms with E-state index < -0.39 is 11.7 Å². The summed E-state index contributed by atoms with van der Waals surface area (Å²) in [6.07, 6.45) is -4.41. The van der Waals surface area contributed by atoms with Crippen molar-refractivity contribution in [2.75, 3.05) is 7.05 Å². The number of ketones is 1. The zero-order valence-electron chi connectivity index (χ0n) is 15.6. The summed E-state index contributed by atoms with van der Waals surface area (Å²) in [6, 6.07) is 19.8. The maximum atomic E-state index is 12.9. The molecule has 3 nitrogen and oxygen atoms in total. The molecule has 3 rings (SSSR count). The van der Waals surface area contributed by atoms with E-state index >= 15 is 0 Å². The second-order valence-corrected chi connectivity index (χ2v) is 6.60. The van der Waals surface area contributed by atoms with Crippen LogP contribution in [0, 0.1) is 0 Å². The van der Waals surface area contributed by atoms with Crippen molar-refractivity contribution >= 4 is 11.7 Å². The van der Waals surface area contributed by atoms with Crippen LogP contribution in [-0.4, -0.2) is 23.6 Å². The van der Waals surface area contributed by atoms with Gasteiger partial charge in [0.2, 0.25) is 0 Å². The second kappa shape index (κ2) is 8.31. The maximum absolute atomic E-state index is 12.9. The molecule has 0 fully saturated rings. The van der Waals surface area contributed by atoms with E-state index in [0.29, 0.717) is 11.1 Å². The first-order chi connectivity index (χ1) is 13.8. The number of amides is 1. The lowest BCUT2D eigenvalue weighted by Crippen LogP contribution is -2.28. The highest BCUT2D eigenvalue weighted by atomic mass is 19.4. The van der Waals surface area contributed by atoms with Crippen LogP contribution in [0.1, 0.15) is 37.4 Å². The molecule has 0 heterocycles. The number of hydrogen-bond acceptors (Lipinski definition) is 2. The largest absolute Gasteiger partial charge is 0.416 e. The van der Waals surface area contributed by atoms with Crippen LogP contribution in [0.2, 0.25) is 0 Å². The van der Waals surface area contributed by atoms with Crippen LogP contribution in [0.15, 0.2) is 78.9 Å². The molecule has 1 amide bonds. The number of alkyl halides is 3. The van der Waals surface area contributed by atoms with Gasteiger partial charge in [0.05, 0.1) is 11.1 Å². The van der Waals surface area contributed by atoms with Gasteiger partial charge in [0.15, 0.2) is 5.78 Å². The molecule has 148 valence electrons. The van der Waals surface area contributed by atoms with Crippen molar-refractivity contribution in [1.29, 1.82) is 0 Å². The summed E-state index contributed by atoms with van der Waals surface area (Å²) in [7, 11) is 1.55. The van der Waals surface area contributed by atoms with Crippen molar-refractivity contribution < 1.29 is 22.8 Å². The van der Waals surface area contributed by atoms with E-state index in [0.717, 1.165) is 12.1 Å². The van der Waals surface area contributed by atoms with E-state index in [1.165, 1.54) is 17.0 Å². The van der Waals surface area contributed by atoms with Crippen molar-refractivity contribution in [3.63, 3.8) is 0 Å². The van der Waals surface area contributed by atoms with E-state index in [4.69, 9.17) is 0 Å². The normalized spacial score (nSPS) is 11.2. The molecule has 3 aromatic carbocycles. The molecule has 3 aromatic rings. The molecule has 0 aliphatic rings. The van der Waals surface area contributed by atoms with E-state index in [9.17, 15) is 22.8 Å². The second-order valence-electron chi connectivity index (χ2n) is 6.60. The Morgan fingerprint density at radius 1 is 0.793 bits per heavy atom. The molecule has 0 saturated carbocycles. The smallest absolute Gasteiger partial charge is 0.337 e. The number of carbonyl (C=O) groups is 2. The number of halogens is 3. The van der Waals surface area contributed by atoms with E-state index in [1.54, 1.807) is 61.6 Å². The van der Waals surface area contributed by atoms with Crippen molar-refractivity contribution in [1.82, 2.24) is 4.90 Å². The van der Waals surface area contributed by atoms with Gasteiger partial charge in [-0.2, -0.15) is 13.2 Å². The van der Waals surface area contributed by atoms with Gasteiger partial charge in [-0.25, -0.2) is 0 Å². The highest BCUT2D eigenvalue weighted by Gasteiger charge is 2.30. The van der Waals surface area contributed by atoms with Gasteiger partial charge < -0.3 is 4.90 Å². The van der Waals surface area contributed by atoms with Crippen LogP contribution in [0.3, 0.4) is 0 Å². The van der Waals surface area contributed by atoms with Crippen molar-refractivity contribution in [3.05, 3.63) is 107 Å². The Labute approximate surface area is 166 Å². The van der Waals surface area contributed by atoms with E-state index in [2.05, 4.69) is 0 Å². The summed E-state index contributed by atoms with van der Waals surface area (Å²) >= 11 is 0. The van der Waals surface area contributed by atoms with Gasteiger partial charge in [-0.1, -0.05) is 60.7 Å². The molecule has 0 bridgehead atoms. The first-order valence-electron chi connectivity index (χ1n) is 8.88. The zero-order chi connectivity index (χ0) is 21.0. The summed E-state index contributed by atoms with van der Waals surface area (Å²) in [4.78, 5) is 27.1. The average molecular weight is 397 g/mol. The predicted molar refractivity (Wildman–Crippen MR) is 104 cm³/mol. The molecule has 0 aliphatic carbocycles. The fraction of sp³-hybridized carbons (Fsp3) is 0.130. The first kappa shape index (κ1) is 20.3. The number of nitrogens with zero attached hydrogens (tertiary/aromatic N) is 1. The number of rotatable bonds is 5. The third-order valence-electron chi connectivity index (χ3n) is 4.49. The van der Waals surface area contributed by atoms with Crippen LogP contribution in [-0.2, 0) is 12.7 Å². The van der Waals surface area contributed by atoms with Crippen molar-refractivity contribution in [3.8, 4) is 0 Å². The topological polar surface area (TPSA) is 37.4 Å². The Morgan fingerprint density at radius 3 is 1.93 bits per heavy atom. The number of benzene rings is 3. The fourth-order valence-electron chi connectivity index (χ4n) is 2.96. The summed E-state index contributed by atoms with van der Waals surface area (Å²) in [5.41, 5.74) is 0.812. The van der Waals surface area contributed by atoms with Gasteiger partial charge in [0.25, 0.3) is 5.91 Å². The van der Waals surface area contributed by atoms with E-state index in [-0.39, 0.29) is 29.4 Å². The van der Waals surface area contributed by atoms with Gasteiger partial charge in [-0.05, 0) is 23.8 Å². The maximum Gasteiger partial charge on any atom is 0.416 e. The molecule has 0 radical (unpaired) electrons. The van der Waals surface area contributed by atoms with Gasteiger partial charge in [-0.3, -0.25) is 9.59 Å². The third kappa shape index (κ3) is 4.71. The summed E-state index contributed by atoms with van der Waals surface area (Å²) in [6.45, 7) is 0.116. The SMILES string of the molecule is CN(Cc1ccc(C(F)(F)F)cc1)C(=O)c1ccccc1C(=O)c1ccccc1. The standard InChI is InChI=1S/C23H18F3NO2/c1-27(15-16-11-13-18(14-12-16)23(24,25)26)22(29)20-10-6-5-9-19(20)21(28)17-7-3-2-4-8-17/h2-14H,15H2,1H3. The van der Waals surface area contributed by atoms with E-state index in [1.807, 2.05) is 0 Å². The molecule has 29 heavy (non-hydrogen) atoms. The highest BCUT2D eigenvalue weighted by Crippen LogP contribution is 2.29. The minimum atomic E-state index is -4.41. The van der Waals surface area contributed by atoms with Gasteiger partial charge >= 0.3 is 6.18 Å². The molecular formula is C23H18F3NO2. The fourth-order valence-corrected chi connectivity index (χ4v) is 2.96. The minimum absolute atomic E-state index is 0.116. The molecular weight excluding hydrogens is 379 g/mol. The number of hydrogen-bond donors (Lipinski definition) is 0. The van der Waals surface area contributed by atoms with Crippen LogP contribution in [0.4, 0.5) is 13.2 Å². The Hall–Kier alpha value is -3.41. The molecule has 0 aliphatic heterocycles. The Balaban J connectivity index is 1.81. The monoisotopic (exact) mass is 397 g/mol. The van der Waals surface area contributed by atoms with Crippen molar-refractivity contribution in [2.24, 2.45) is 0 Å². The van der Waals surface area contributed by atoms with Gasteiger partial charge in [0.1, 0.15) is 0 Å². The summed E-state index contributed by atoms with van der Waals surface area (Å²) in [5.74, 6) is -0.651. The summed E-state index contributed by atoms with van der Waals surface area (Å²) < 4.78 is 38.1. The van der Waals surface area contributed by atoms with Crippen LogP contribution in [0.5, 0.6) is 0 Å². The molecule has 0 unspecified atom stereocenters. The van der Waals surface area contributed by atoms with Crippen molar-refractivity contribution in [2.45, 2.75) is 12.7 Å². The molecule has 0 atom stereocenters. The lowest BCUT2D eigenvalue weighted by molar-refractivity contribution is -0.137. The molecule has 0 spiro atoms. The molecule has 6 heteroatoms. The Bertz CT molecular complexity index is 1010. The molecule has 0 N–H and O–H groups in total. The van der Waals surface area contributed by atoms with Crippen LogP contribution >= 0.6 is 0 Å². The Kier molecular flexibility index (Phi) is 5.82.